The summed E-state index contributed by atoms with van der Waals surface area (Å²) in [6.07, 6.45) is 3.24. The minimum atomic E-state index is -4.27. The van der Waals surface area contributed by atoms with Crippen molar-refractivity contribution in [2.45, 2.75) is 11.4 Å². The molecule has 0 radical (unpaired) electrons. The Morgan fingerprint density at radius 1 is 1.00 bits per heavy atom. The molecule has 0 aliphatic heterocycles. The molecule has 182 valence electrons. The molecule has 1 N–H and O–H groups in total. The van der Waals surface area contributed by atoms with E-state index in [1.54, 1.807) is 60.9 Å². The van der Waals surface area contributed by atoms with Crippen LogP contribution in [0.1, 0.15) is 5.56 Å². The first-order chi connectivity index (χ1) is 17.3. The van der Waals surface area contributed by atoms with Gasteiger partial charge in [-0.05, 0) is 48.0 Å². The molecule has 0 saturated heterocycles. The summed E-state index contributed by atoms with van der Waals surface area (Å²) in [4.78, 5) is 14.1. The van der Waals surface area contributed by atoms with Crippen LogP contribution in [0.4, 0.5) is 17.1 Å². The second-order valence-corrected chi connectivity index (χ2v) is 9.39. The summed E-state index contributed by atoms with van der Waals surface area (Å²) in [5.74, 6) is 1.21. The molecule has 4 rings (SSSR count). The van der Waals surface area contributed by atoms with Gasteiger partial charge in [0.2, 0.25) is 0 Å². The summed E-state index contributed by atoms with van der Waals surface area (Å²) in [7, 11) is -4.27. The quantitative estimate of drug-likeness (QED) is 0.151. The van der Waals surface area contributed by atoms with Crippen molar-refractivity contribution in [2.75, 3.05) is 4.72 Å². The number of non-ortho nitro benzene ring substituents is 1. The summed E-state index contributed by atoms with van der Waals surface area (Å²) in [6.45, 7) is 0.140. The molecule has 0 amide bonds. The standard InChI is InChI=1S/C24H18ClN5O5S/c25-21-5-1-2-6-22(21)29-36(33,34)24-14-18(30(31)32)9-12-23(24)28-27-15-17-7-10-19(11-8-17)35-20-4-3-13-26-16-20/h1-14,16,29H,15H2. The van der Waals surface area contributed by atoms with Gasteiger partial charge in [0.1, 0.15) is 22.1 Å². The topological polar surface area (TPSA) is 136 Å². The highest BCUT2D eigenvalue weighted by atomic mass is 35.5. The largest absolute Gasteiger partial charge is 0.456 e. The number of nitrogens with zero attached hydrogens (tertiary/aromatic N) is 4. The average molecular weight is 524 g/mol. The molecule has 0 bridgehead atoms. The van der Waals surface area contributed by atoms with Crippen molar-refractivity contribution >= 4 is 38.7 Å². The minimum Gasteiger partial charge on any atom is -0.456 e. The number of hydrogen-bond donors (Lipinski definition) is 1. The highest BCUT2D eigenvalue weighted by Crippen LogP contribution is 2.32. The van der Waals surface area contributed by atoms with Crippen molar-refractivity contribution in [2.24, 2.45) is 10.2 Å². The average Bonchev–Trinajstić information content (AvgIpc) is 2.87. The smallest absolute Gasteiger partial charge is 0.270 e. The fourth-order valence-electron chi connectivity index (χ4n) is 3.06. The number of para-hydroxylation sites is 1. The Hall–Kier alpha value is -4.35. The van der Waals surface area contributed by atoms with Crippen molar-refractivity contribution in [1.82, 2.24) is 4.98 Å². The van der Waals surface area contributed by atoms with Crippen molar-refractivity contribution in [3.63, 3.8) is 0 Å². The van der Waals surface area contributed by atoms with E-state index in [9.17, 15) is 18.5 Å². The fourth-order valence-corrected chi connectivity index (χ4v) is 4.53. The van der Waals surface area contributed by atoms with Crippen LogP contribution in [0.5, 0.6) is 11.5 Å². The van der Waals surface area contributed by atoms with Crippen LogP contribution in [0.3, 0.4) is 0 Å². The first kappa shape index (κ1) is 24.8. The van der Waals surface area contributed by atoms with Crippen molar-refractivity contribution in [3.8, 4) is 11.5 Å². The van der Waals surface area contributed by atoms with E-state index in [0.29, 0.717) is 11.5 Å². The number of nitro groups is 1. The van der Waals surface area contributed by atoms with E-state index in [0.717, 1.165) is 17.7 Å². The molecule has 36 heavy (non-hydrogen) atoms. The van der Waals surface area contributed by atoms with E-state index in [1.165, 1.54) is 18.2 Å². The molecule has 3 aromatic carbocycles. The molecule has 0 aliphatic carbocycles. The predicted molar refractivity (Wildman–Crippen MR) is 134 cm³/mol. The van der Waals surface area contributed by atoms with E-state index in [2.05, 4.69) is 19.9 Å². The van der Waals surface area contributed by atoms with Gasteiger partial charge in [-0.2, -0.15) is 10.2 Å². The Bertz CT molecular complexity index is 1510. The molecule has 12 heteroatoms. The van der Waals surface area contributed by atoms with E-state index < -0.39 is 25.5 Å². The highest BCUT2D eigenvalue weighted by molar-refractivity contribution is 7.92. The molecular formula is C24H18ClN5O5S. The number of halogens is 1. The Kier molecular flexibility index (Phi) is 7.52. The van der Waals surface area contributed by atoms with E-state index >= 15 is 0 Å². The summed E-state index contributed by atoms with van der Waals surface area (Å²) < 4.78 is 34.2. The van der Waals surface area contributed by atoms with Gasteiger partial charge in [0.05, 0.1) is 28.4 Å². The predicted octanol–water partition coefficient (Wildman–Crippen LogP) is 6.52. The fraction of sp³-hybridized carbons (Fsp3) is 0.0417. The van der Waals surface area contributed by atoms with Crippen LogP contribution in [0.15, 0.2) is 106 Å². The first-order valence-corrected chi connectivity index (χ1v) is 12.3. The van der Waals surface area contributed by atoms with Gasteiger partial charge in [0.15, 0.2) is 0 Å². The lowest BCUT2D eigenvalue weighted by Gasteiger charge is -2.11. The minimum absolute atomic E-state index is 0.0586. The number of ether oxygens (including phenoxy) is 1. The zero-order valence-electron chi connectivity index (χ0n) is 18.5. The van der Waals surface area contributed by atoms with Crippen LogP contribution < -0.4 is 9.46 Å². The lowest BCUT2D eigenvalue weighted by atomic mass is 10.2. The molecular weight excluding hydrogens is 506 g/mol. The number of anilines is 1. The number of azo groups is 1. The number of benzene rings is 3. The lowest BCUT2D eigenvalue weighted by molar-refractivity contribution is -0.385. The van der Waals surface area contributed by atoms with Crippen LogP contribution in [-0.4, -0.2) is 18.3 Å². The zero-order valence-corrected chi connectivity index (χ0v) is 20.1. The second-order valence-electron chi connectivity index (χ2n) is 7.33. The Morgan fingerprint density at radius 3 is 2.47 bits per heavy atom. The normalized spacial score (nSPS) is 11.4. The van der Waals surface area contributed by atoms with Gasteiger partial charge in [-0.1, -0.05) is 35.9 Å². The molecule has 0 saturated carbocycles. The van der Waals surface area contributed by atoms with Crippen LogP contribution >= 0.6 is 11.6 Å². The molecule has 1 heterocycles. The zero-order chi connectivity index (χ0) is 25.5. The van der Waals surface area contributed by atoms with Gasteiger partial charge < -0.3 is 4.74 Å². The molecule has 1 aromatic heterocycles. The van der Waals surface area contributed by atoms with E-state index in [1.807, 2.05) is 0 Å². The van der Waals surface area contributed by atoms with E-state index in [4.69, 9.17) is 16.3 Å². The molecule has 0 fully saturated rings. The molecule has 10 nitrogen and oxygen atoms in total. The summed E-state index contributed by atoms with van der Waals surface area (Å²) in [5.41, 5.74) is 0.453. The molecule has 0 aliphatic rings. The molecule has 4 aromatic rings. The van der Waals surface area contributed by atoms with E-state index in [-0.39, 0.29) is 22.9 Å². The van der Waals surface area contributed by atoms with Crippen molar-refractivity contribution in [1.29, 1.82) is 0 Å². The number of nitro benzene ring substituents is 1. The van der Waals surface area contributed by atoms with Crippen molar-refractivity contribution in [3.05, 3.63) is 112 Å². The molecule has 0 atom stereocenters. The summed E-state index contributed by atoms with van der Waals surface area (Å²) >= 11 is 6.06. The molecule has 0 unspecified atom stereocenters. The van der Waals surface area contributed by atoms with Crippen LogP contribution in [-0.2, 0) is 16.6 Å². The first-order valence-electron chi connectivity index (χ1n) is 10.4. The van der Waals surface area contributed by atoms with Gasteiger partial charge >= 0.3 is 0 Å². The number of rotatable bonds is 9. The third-order valence-electron chi connectivity index (χ3n) is 4.79. The van der Waals surface area contributed by atoms with Gasteiger partial charge in [0, 0.05) is 18.3 Å². The maximum atomic E-state index is 13.1. The van der Waals surface area contributed by atoms with Crippen LogP contribution in [0, 0.1) is 10.1 Å². The Balaban J connectivity index is 1.54. The van der Waals surface area contributed by atoms with Gasteiger partial charge in [-0.3, -0.25) is 19.8 Å². The summed E-state index contributed by atoms with van der Waals surface area (Å²) in [5, 5.41) is 19.5. The maximum Gasteiger partial charge on any atom is 0.270 e. The van der Waals surface area contributed by atoms with Crippen LogP contribution in [0.2, 0.25) is 5.02 Å². The number of hydrogen-bond acceptors (Lipinski definition) is 8. The van der Waals surface area contributed by atoms with Gasteiger partial charge in [0.25, 0.3) is 15.7 Å². The molecule has 0 spiro atoms. The van der Waals surface area contributed by atoms with Gasteiger partial charge in [-0.25, -0.2) is 8.42 Å². The van der Waals surface area contributed by atoms with Gasteiger partial charge in [-0.15, -0.1) is 0 Å². The second kappa shape index (κ2) is 10.9. The Morgan fingerprint density at radius 2 is 1.78 bits per heavy atom. The Labute approximate surface area is 211 Å². The van der Waals surface area contributed by atoms with Crippen molar-refractivity contribution < 1.29 is 18.1 Å². The van der Waals surface area contributed by atoms with Crippen LogP contribution in [0.25, 0.3) is 0 Å². The monoisotopic (exact) mass is 523 g/mol. The third-order valence-corrected chi connectivity index (χ3v) is 6.51. The maximum absolute atomic E-state index is 13.1. The third kappa shape index (κ3) is 6.20. The SMILES string of the molecule is O=[N+]([O-])c1ccc(N=NCc2ccc(Oc3cccnc3)cc2)c(S(=O)(=O)Nc2ccccc2Cl)c1. The summed E-state index contributed by atoms with van der Waals surface area (Å²) in [6, 6.07) is 20.2. The number of aromatic nitrogens is 1. The number of pyridine rings is 1. The highest BCUT2D eigenvalue weighted by Gasteiger charge is 2.23. The lowest BCUT2D eigenvalue weighted by Crippen LogP contribution is -2.13. The number of nitrogens with one attached hydrogen (secondary N) is 1. The number of sulfonamides is 1.